The molecule has 2 amide bonds. The minimum absolute atomic E-state index is 0. The van der Waals surface area contributed by atoms with Crippen molar-refractivity contribution in [2.45, 2.75) is 0 Å². The van der Waals surface area contributed by atoms with Crippen molar-refractivity contribution in [1.29, 1.82) is 0 Å². The zero-order valence-electron chi connectivity index (χ0n) is 9.57. The van der Waals surface area contributed by atoms with Crippen molar-refractivity contribution >= 4 is 47.2 Å². The molecule has 2 aromatic rings. The van der Waals surface area contributed by atoms with E-state index in [2.05, 4.69) is 20.2 Å². The molecule has 1 aliphatic carbocycles. The number of aromatic nitrogens is 1. The predicted molar refractivity (Wildman–Crippen MR) is 73.2 cm³/mol. The molecule has 19 heavy (non-hydrogen) atoms. The highest BCUT2D eigenvalue weighted by molar-refractivity contribution is 5.89. The lowest BCUT2D eigenvalue weighted by molar-refractivity contribution is 0.254. The summed E-state index contributed by atoms with van der Waals surface area (Å²) in [6.45, 7) is 0. The predicted octanol–water partition coefficient (Wildman–Crippen LogP) is 2.30. The highest BCUT2D eigenvalue weighted by Crippen LogP contribution is 2.16. The van der Waals surface area contributed by atoms with E-state index in [0.29, 0.717) is 11.2 Å². The molecule has 1 aliphatic heterocycles. The van der Waals surface area contributed by atoms with Crippen LogP contribution in [0.4, 0.5) is 10.6 Å². The Morgan fingerprint density at radius 2 is 2.00 bits per heavy atom. The SMILES string of the molecule is Cl.O=C1N=Nc2ncc3cc4c(cc3c2=N1)=CC=C4. The zero-order chi connectivity index (χ0) is 12.1. The number of amides is 2. The zero-order valence-corrected chi connectivity index (χ0v) is 10.4. The summed E-state index contributed by atoms with van der Waals surface area (Å²) in [4.78, 5) is 19.3. The van der Waals surface area contributed by atoms with Gasteiger partial charge in [0.25, 0.3) is 0 Å². The van der Waals surface area contributed by atoms with E-state index >= 15 is 0 Å². The second-order valence-corrected chi connectivity index (χ2v) is 4.12. The van der Waals surface area contributed by atoms with Crippen molar-refractivity contribution in [3.63, 3.8) is 0 Å². The highest BCUT2D eigenvalue weighted by atomic mass is 35.5. The summed E-state index contributed by atoms with van der Waals surface area (Å²) >= 11 is 0. The maximum atomic E-state index is 11.2. The van der Waals surface area contributed by atoms with Gasteiger partial charge in [-0.05, 0) is 22.9 Å². The average Bonchev–Trinajstić information content (AvgIpc) is 2.83. The molecule has 6 heteroatoms. The van der Waals surface area contributed by atoms with Crippen molar-refractivity contribution in [2.75, 3.05) is 0 Å². The van der Waals surface area contributed by atoms with Crippen LogP contribution in [0.25, 0.3) is 22.9 Å². The summed E-state index contributed by atoms with van der Waals surface area (Å²) in [5.41, 5.74) is 1.15. The third kappa shape index (κ3) is 1.67. The van der Waals surface area contributed by atoms with Gasteiger partial charge < -0.3 is 0 Å². The van der Waals surface area contributed by atoms with Gasteiger partial charge in [0.15, 0.2) is 0 Å². The standard InChI is InChI=1S/C13H6N4O.ClH/c18-13-15-11-10-5-8-3-1-2-7(8)4-9(10)6-14-12(11)16-17-13;/h1-6H;1H. The van der Waals surface area contributed by atoms with Crippen molar-refractivity contribution in [2.24, 2.45) is 15.2 Å². The molecule has 2 heterocycles. The van der Waals surface area contributed by atoms with Gasteiger partial charge in [0.05, 0.1) is 0 Å². The van der Waals surface area contributed by atoms with Gasteiger partial charge >= 0.3 is 6.03 Å². The molecule has 5 nitrogen and oxygen atoms in total. The van der Waals surface area contributed by atoms with E-state index in [0.717, 1.165) is 21.6 Å². The largest absolute Gasteiger partial charge is 0.386 e. The third-order valence-corrected chi connectivity index (χ3v) is 3.04. The minimum Gasteiger partial charge on any atom is -0.242 e. The van der Waals surface area contributed by atoms with Crippen molar-refractivity contribution < 1.29 is 4.79 Å². The Morgan fingerprint density at radius 3 is 2.89 bits per heavy atom. The first-order chi connectivity index (χ1) is 8.81. The second-order valence-electron chi connectivity index (χ2n) is 4.12. The van der Waals surface area contributed by atoms with E-state index in [-0.39, 0.29) is 12.4 Å². The van der Waals surface area contributed by atoms with Crippen LogP contribution < -0.4 is 10.6 Å². The van der Waals surface area contributed by atoms with E-state index in [4.69, 9.17) is 0 Å². The molecule has 0 unspecified atom stereocenters. The molecule has 0 saturated carbocycles. The average molecular weight is 271 g/mol. The smallest absolute Gasteiger partial charge is 0.242 e. The normalized spacial score (nSPS) is 14.4. The van der Waals surface area contributed by atoms with Crippen LogP contribution in [0.2, 0.25) is 0 Å². The maximum absolute atomic E-state index is 11.2. The summed E-state index contributed by atoms with van der Waals surface area (Å²) in [6.07, 6.45) is 7.78. The van der Waals surface area contributed by atoms with Gasteiger partial charge in [-0.1, -0.05) is 23.3 Å². The Hall–Kier alpha value is -2.40. The van der Waals surface area contributed by atoms with Crippen LogP contribution in [0, 0.1) is 0 Å². The van der Waals surface area contributed by atoms with Gasteiger partial charge in [-0.25, -0.2) is 9.78 Å². The van der Waals surface area contributed by atoms with Crippen molar-refractivity contribution in [3.05, 3.63) is 40.5 Å². The molecule has 2 aliphatic rings. The number of benzene rings is 1. The van der Waals surface area contributed by atoms with Gasteiger partial charge in [-0.2, -0.15) is 4.99 Å². The first-order valence-electron chi connectivity index (χ1n) is 5.47. The van der Waals surface area contributed by atoms with E-state index in [9.17, 15) is 4.79 Å². The molecule has 0 bridgehead atoms. The first-order valence-corrected chi connectivity index (χ1v) is 5.47. The molecular weight excluding hydrogens is 264 g/mol. The fraction of sp³-hybridized carbons (Fsp3) is 0. The van der Waals surface area contributed by atoms with Crippen LogP contribution in [-0.2, 0) is 0 Å². The topological polar surface area (TPSA) is 67.0 Å². The molecule has 1 aromatic heterocycles. The van der Waals surface area contributed by atoms with Gasteiger partial charge in [-0.15, -0.1) is 17.5 Å². The number of halogens is 1. The number of azo groups is 1. The molecule has 1 aromatic carbocycles. The van der Waals surface area contributed by atoms with Crippen LogP contribution in [0.3, 0.4) is 0 Å². The fourth-order valence-electron chi connectivity index (χ4n) is 2.21. The number of carbonyl (C=O) groups is 1. The second kappa shape index (κ2) is 4.07. The number of hydrogen-bond acceptors (Lipinski definition) is 3. The molecule has 92 valence electrons. The van der Waals surface area contributed by atoms with Crippen LogP contribution >= 0.6 is 12.4 Å². The van der Waals surface area contributed by atoms with Crippen LogP contribution in [0.5, 0.6) is 0 Å². The molecular formula is C13H7ClN4O. The first kappa shape index (κ1) is 11.7. The Balaban J connectivity index is 0.00000110. The molecule has 0 radical (unpaired) electrons. The lowest BCUT2D eigenvalue weighted by atomic mass is 10.1. The minimum atomic E-state index is -0.584. The fourth-order valence-corrected chi connectivity index (χ4v) is 2.21. The van der Waals surface area contributed by atoms with Gasteiger partial charge in [0.1, 0.15) is 5.36 Å². The Bertz CT molecular complexity index is 899. The Labute approximate surface area is 113 Å². The maximum Gasteiger partial charge on any atom is 0.386 e. The number of carbonyl (C=O) groups excluding carboxylic acids is 1. The number of hydrogen-bond donors (Lipinski definition) is 0. The molecule has 4 rings (SSSR count). The summed E-state index contributed by atoms with van der Waals surface area (Å²) in [5, 5.41) is 10.6. The van der Waals surface area contributed by atoms with Crippen molar-refractivity contribution in [1.82, 2.24) is 4.98 Å². The molecule has 0 atom stereocenters. The van der Waals surface area contributed by atoms with Crippen LogP contribution in [0.15, 0.2) is 39.6 Å². The van der Waals surface area contributed by atoms with Crippen LogP contribution in [0.1, 0.15) is 5.56 Å². The van der Waals surface area contributed by atoms with Crippen LogP contribution in [-0.4, -0.2) is 11.0 Å². The van der Waals surface area contributed by atoms with E-state index in [1.807, 2.05) is 30.4 Å². The van der Waals surface area contributed by atoms with Crippen molar-refractivity contribution in [3.8, 4) is 0 Å². The highest BCUT2D eigenvalue weighted by Gasteiger charge is 2.11. The monoisotopic (exact) mass is 270 g/mol. The van der Waals surface area contributed by atoms with E-state index in [1.54, 1.807) is 6.20 Å². The Kier molecular flexibility index (Phi) is 2.50. The Morgan fingerprint density at radius 1 is 1.11 bits per heavy atom. The van der Waals surface area contributed by atoms with E-state index < -0.39 is 6.03 Å². The lowest BCUT2D eigenvalue weighted by Gasteiger charge is -2.03. The van der Waals surface area contributed by atoms with Gasteiger partial charge in [0.2, 0.25) is 5.82 Å². The molecule has 0 fully saturated rings. The number of rotatable bonds is 0. The quantitative estimate of drug-likeness (QED) is 0.737. The number of urea groups is 1. The molecule has 0 spiro atoms. The number of allylic oxidation sites excluding steroid dienone is 1. The number of pyridine rings is 1. The molecule has 0 saturated heterocycles. The number of fused-ring (bicyclic) bond motifs is 4. The summed E-state index contributed by atoms with van der Waals surface area (Å²) in [5.74, 6) is 0.396. The number of nitrogens with zero attached hydrogens (tertiary/aromatic N) is 4. The van der Waals surface area contributed by atoms with E-state index in [1.165, 1.54) is 0 Å². The molecule has 0 N–H and O–H groups in total. The third-order valence-electron chi connectivity index (χ3n) is 3.04. The van der Waals surface area contributed by atoms with Gasteiger partial charge in [0, 0.05) is 17.0 Å². The summed E-state index contributed by atoms with van der Waals surface area (Å²) < 4.78 is 0. The summed E-state index contributed by atoms with van der Waals surface area (Å²) in [6, 6.07) is 3.45. The summed E-state index contributed by atoms with van der Waals surface area (Å²) in [7, 11) is 0. The lowest BCUT2D eigenvalue weighted by Crippen LogP contribution is -2.14. The van der Waals surface area contributed by atoms with Gasteiger partial charge in [-0.3, -0.25) is 0 Å².